The summed E-state index contributed by atoms with van der Waals surface area (Å²) in [4.78, 5) is 14.5. The van der Waals surface area contributed by atoms with Gasteiger partial charge in [0.1, 0.15) is 11.5 Å². The number of hydrogen-bond donors (Lipinski definition) is 1. The van der Waals surface area contributed by atoms with Gasteiger partial charge in [-0.15, -0.1) is 0 Å². The Labute approximate surface area is 163 Å². The maximum absolute atomic E-state index is 12.6. The number of alkyl halides is 2. The minimum absolute atomic E-state index is 0.0664. The predicted molar refractivity (Wildman–Crippen MR) is 102 cm³/mol. The number of benzene rings is 2. The lowest BCUT2D eigenvalue weighted by Gasteiger charge is -2.25. The summed E-state index contributed by atoms with van der Waals surface area (Å²) >= 11 is 0. The summed E-state index contributed by atoms with van der Waals surface area (Å²) < 4.78 is 33.9. The molecule has 28 heavy (non-hydrogen) atoms. The highest BCUT2D eigenvalue weighted by molar-refractivity contribution is 5.75. The van der Waals surface area contributed by atoms with Gasteiger partial charge in [-0.25, -0.2) is 4.79 Å². The molecule has 0 aromatic heterocycles. The normalized spacial score (nSPS) is 16.3. The molecule has 1 unspecified atom stereocenters. The zero-order chi connectivity index (χ0) is 19.9. The summed E-state index contributed by atoms with van der Waals surface area (Å²) in [5, 5.41) is 2.95. The van der Waals surface area contributed by atoms with Crippen LogP contribution in [-0.2, 0) is 6.42 Å². The molecule has 150 valence electrons. The molecule has 1 atom stereocenters. The Bertz CT molecular complexity index is 766. The number of likely N-dealkylation sites (tertiary alicyclic amines) is 1. The van der Waals surface area contributed by atoms with Crippen LogP contribution in [0, 0.1) is 0 Å². The van der Waals surface area contributed by atoms with Crippen molar-refractivity contribution in [2.24, 2.45) is 0 Å². The van der Waals surface area contributed by atoms with Crippen molar-refractivity contribution >= 4 is 6.03 Å². The number of halogens is 2. The number of amides is 2. The quantitative estimate of drug-likeness (QED) is 0.763. The van der Waals surface area contributed by atoms with Gasteiger partial charge >= 0.3 is 12.6 Å². The lowest BCUT2D eigenvalue weighted by atomic mass is 10.0. The molecule has 1 aliphatic heterocycles. The molecule has 1 N–H and O–H groups in total. The topological polar surface area (TPSA) is 50.8 Å². The van der Waals surface area contributed by atoms with Gasteiger partial charge in [0.25, 0.3) is 0 Å². The average Bonchev–Trinajstić information content (AvgIpc) is 3.19. The molecule has 1 saturated heterocycles. The highest BCUT2D eigenvalue weighted by atomic mass is 19.3. The van der Waals surface area contributed by atoms with Crippen LogP contribution < -0.4 is 14.8 Å². The molecule has 1 aliphatic rings. The molecule has 0 radical (unpaired) electrons. The Morgan fingerprint density at radius 1 is 1.14 bits per heavy atom. The van der Waals surface area contributed by atoms with E-state index in [1.54, 1.807) is 19.2 Å². The second kappa shape index (κ2) is 9.39. The maximum atomic E-state index is 12.6. The van der Waals surface area contributed by atoms with Gasteiger partial charge in [-0.05, 0) is 54.7 Å². The van der Waals surface area contributed by atoms with Crippen LogP contribution in [-0.4, -0.2) is 37.7 Å². The minimum atomic E-state index is -2.83. The van der Waals surface area contributed by atoms with Crippen molar-refractivity contribution < 1.29 is 23.0 Å². The minimum Gasteiger partial charge on any atom is -0.497 e. The number of rotatable bonds is 7. The van der Waals surface area contributed by atoms with Crippen LogP contribution in [0.3, 0.4) is 0 Å². The number of nitrogens with one attached hydrogen (secondary N) is 1. The Hall–Kier alpha value is -2.83. The fourth-order valence-corrected chi connectivity index (χ4v) is 3.44. The van der Waals surface area contributed by atoms with Crippen LogP contribution in [0.25, 0.3) is 0 Å². The van der Waals surface area contributed by atoms with E-state index in [1.807, 2.05) is 29.2 Å². The van der Waals surface area contributed by atoms with Gasteiger partial charge in [0.05, 0.1) is 13.2 Å². The van der Waals surface area contributed by atoms with E-state index < -0.39 is 6.61 Å². The summed E-state index contributed by atoms with van der Waals surface area (Å²) in [7, 11) is 1.63. The van der Waals surface area contributed by atoms with E-state index in [9.17, 15) is 13.6 Å². The lowest BCUT2D eigenvalue weighted by molar-refractivity contribution is -0.0498. The van der Waals surface area contributed by atoms with E-state index in [-0.39, 0.29) is 17.8 Å². The fourth-order valence-electron chi connectivity index (χ4n) is 3.44. The monoisotopic (exact) mass is 390 g/mol. The molecule has 7 heteroatoms. The van der Waals surface area contributed by atoms with Gasteiger partial charge in [0.15, 0.2) is 0 Å². The van der Waals surface area contributed by atoms with E-state index in [0.717, 1.165) is 36.3 Å². The molecule has 2 amide bonds. The number of carbonyl (C=O) groups is 1. The molecule has 1 fully saturated rings. The number of hydrogen-bond acceptors (Lipinski definition) is 3. The van der Waals surface area contributed by atoms with Gasteiger partial charge < -0.3 is 19.7 Å². The molecule has 0 saturated carbocycles. The summed E-state index contributed by atoms with van der Waals surface area (Å²) in [5.74, 6) is 0.921. The van der Waals surface area contributed by atoms with E-state index >= 15 is 0 Å². The number of nitrogens with zero attached hydrogens (tertiary/aromatic N) is 1. The van der Waals surface area contributed by atoms with Crippen molar-refractivity contribution in [1.82, 2.24) is 10.2 Å². The highest BCUT2D eigenvalue weighted by Gasteiger charge is 2.29. The maximum Gasteiger partial charge on any atom is 0.387 e. The third-order valence-electron chi connectivity index (χ3n) is 4.85. The van der Waals surface area contributed by atoms with E-state index in [0.29, 0.717) is 13.0 Å². The van der Waals surface area contributed by atoms with Crippen molar-refractivity contribution in [3.8, 4) is 11.5 Å². The van der Waals surface area contributed by atoms with Gasteiger partial charge in [-0.3, -0.25) is 0 Å². The number of methoxy groups -OCH3 is 1. The standard InChI is InChI=1S/C21H24F2N2O3/c1-27-17-10-6-16(7-11-17)19-3-2-14-25(19)21(26)24-13-12-15-4-8-18(9-5-15)28-20(22)23/h4-11,19-20H,2-3,12-14H2,1H3,(H,24,26). The first-order valence-corrected chi connectivity index (χ1v) is 9.29. The molecule has 0 spiro atoms. The molecule has 0 bridgehead atoms. The highest BCUT2D eigenvalue weighted by Crippen LogP contribution is 2.32. The average molecular weight is 390 g/mol. The Kier molecular flexibility index (Phi) is 6.68. The molecule has 1 heterocycles. The van der Waals surface area contributed by atoms with Crippen LogP contribution in [0.15, 0.2) is 48.5 Å². The Morgan fingerprint density at radius 2 is 1.82 bits per heavy atom. The lowest BCUT2D eigenvalue weighted by Crippen LogP contribution is -2.40. The summed E-state index contributed by atoms with van der Waals surface area (Å²) in [6.45, 7) is -1.63. The van der Waals surface area contributed by atoms with Crippen molar-refractivity contribution in [2.75, 3.05) is 20.2 Å². The Balaban J connectivity index is 1.50. The van der Waals surface area contributed by atoms with Crippen LogP contribution in [0.5, 0.6) is 11.5 Å². The van der Waals surface area contributed by atoms with Gasteiger partial charge in [0.2, 0.25) is 0 Å². The summed E-state index contributed by atoms with van der Waals surface area (Å²) in [5.41, 5.74) is 2.04. The largest absolute Gasteiger partial charge is 0.497 e. The van der Waals surface area contributed by atoms with Crippen molar-refractivity contribution in [1.29, 1.82) is 0 Å². The number of carbonyl (C=O) groups excluding carboxylic acids is 1. The summed E-state index contributed by atoms with van der Waals surface area (Å²) in [6, 6.07) is 14.2. The van der Waals surface area contributed by atoms with Gasteiger partial charge in [0, 0.05) is 13.1 Å². The summed E-state index contributed by atoms with van der Waals surface area (Å²) in [6.07, 6.45) is 2.52. The SMILES string of the molecule is COc1ccc(C2CCCN2C(=O)NCCc2ccc(OC(F)F)cc2)cc1. The third-order valence-corrected chi connectivity index (χ3v) is 4.85. The first-order valence-electron chi connectivity index (χ1n) is 9.29. The van der Waals surface area contributed by atoms with Crippen LogP contribution in [0.4, 0.5) is 13.6 Å². The first-order chi connectivity index (χ1) is 13.6. The molecule has 5 nitrogen and oxygen atoms in total. The fraction of sp³-hybridized carbons (Fsp3) is 0.381. The van der Waals surface area contributed by atoms with E-state index in [1.165, 1.54) is 12.1 Å². The van der Waals surface area contributed by atoms with E-state index in [4.69, 9.17) is 4.74 Å². The van der Waals surface area contributed by atoms with Crippen LogP contribution >= 0.6 is 0 Å². The second-order valence-electron chi connectivity index (χ2n) is 6.63. The molecule has 0 aliphatic carbocycles. The van der Waals surface area contributed by atoms with Gasteiger partial charge in [-0.2, -0.15) is 8.78 Å². The third kappa shape index (κ3) is 5.12. The van der Waals surface area contributed by atoms with Crippen LogP contribution in [0.1, 0.15) is 30.0 Å². The number of urea groups is 1. The Morgan fingerprint density at radius 3 is 2.46 bits per heavy atom. The first kappa shape index (κ1) is 19.9. The molecule has 2 aromatic rings. The van der Waals surface area contributed by atoms with E-state index in [2.05, 4.69) is 10.1 Å². The molecule has 2 aromatic carbocycles. The molecule has 3 rings (SSSR count). The van der Waals surface area contributed by atoms with Crippen molar-refractivity contribution in [3.05, 3.63) is 59.7 Å². The predicted octanol–water partition coefficient (Wildman–Crippen LogP) is 4.39. The van der Waals surface area contributed by atoms with Gasteiger partial charge in [-0.1, -0.05) is 24.3 Å². The van der Waals surface area contributed by atoms with Crippen LogP contribution in [0.2, 0.25) is 0 Å². The van der Waals surface area contributed by atoms with Crippen molar-refractivity contribution in [3.63, 3.8) is 0 Å². The molecular formula is C21H24F2N2O3. The number of ether oxygens (including phenoxy) is 2. The molecular weight excluding hydrogens is 366 g/mol. The zero-order valence-corrected chi connectivity index (χ0v) is 15.7. The zero-order valence-electron chi connectivity index (χ0n) is 15.7. The second-order valence-corrected chi connectivity index (χ2v) is 6.63. The van der Waals surface area contributed by atoms with Crippen molar-refractivity contribution in [2.45, 2.75) is 31.9 Å². The smallest absolute Gasteiger partial charge is 0.387 e.